The van der Waals surface area contributed by atoms with Crippen LogP contribution >= 0.6 is 57.6 Å². The summed E-state index contributed by atoms with van der Waals surface area (Å²) < 4.78 is 12.4. The molecule has 1 aliphatic heterocycles. The van der Waals surface area contributed by atoms with Crippen molar-refractivity contribution in [3.63, 3.8) is 0 Å². The van der Waals surface area contributed by atoms with E-state index < -0.39 is 5.97 Å². The number of hydrogen-bond acceptors (Lipinski definition) is 6. The quantitative estimate of drug-likeness (QED) is 0.196. The van der Waals surface area contributed by atoms with E-state index in [9.17, 15) is 9.59 Å². The molecule has 0 unspecified atom stereocenters. The minimum absolute atomic E-state index is 0.162. The predicted octanol–water partition coefficient (Wildman–Crippen LogP) is 7.51. The number of carbonyl (C=O) groups is 2. The van der Waals surface area contributed by atoms with E-state index in [1.165, 1.54) is 23.9 Å². The summed E-state index contributed by atoms with van der Waals surface area (Å²) in [6.07, 6.45) is 1.79. The maximum Gasteiger partial charge on any atom is 0.335 e. The molecule has 3 aromatic rings. The zero-order valence-corrected chi connectivity index (χ0v) is 24.7. The summed E-state index contributed by atoms with van der Waals surface area (Å²) >= 11 is 15.7. The Balaban J connectivity index is 1.58. The molecular formula is C27H21Cl2IN2O5S. The standard InChI is InChI=1S/C27H21Cl2IN2O5S/c1-3-32-25(33)23(38-27(32)31-19-8-5-16(6-9-19)26(34)35)12-15-10-21(30)24(22(11-15)36-2)37-14-17-4-7-18(28)13-20(17)29/h4-13H,3,14H2,1-2H3,(H,34,35). The molecule has 1 saturated heterocycles. The number of thioether (sulfide) groups is 1. The molecule has 0 bridgehead atoms. The first kappa shape index (κ1) is 28.3. The third-order valence-corrected chi connectivity index (χ3v) is 7.87. The van der Waals surface area contributed by atoms with Crippen molar-refractivity contribution >= 4 is 86.4 Å². The van der Waals surface area contributed by atoms with Gasteiger partial charge in [0.25, 0.3) is 5.91 Å². The molecule has 3 aromatic carbocycles. The number of likely N-dealkylation sites (N-methyl/N-ethyl adjacent to an activating group) is 1. The molecule has 1 fully saturated rings. The minimum atomic E-state index is -1.01. The van der Waals surface area contributed by atoms with Crippen LogP contribution < -0.4 is 9.47 Å². The van der Waals surface area contributed by atoms with Crippen LogP contribution in [0.4, 0.5) is 5.69 Å². The molecule has 1 amide bonds. The van der Waals surface area contributed by atoms with Crippen LogP contribution in [-0.4, -0.2) is 40.7 Å². The van der Waals surface area contributed by atoms with Crippen LogP contribution in [0.1, 0.15) is 28.4 Å². The van der Waals surface area contributed by atoms with Crippen LogP contribution in [0.2, 0.25) is 10.0 Å². The summed E-state index contributed by atoms with van der Waals surface area (Å²) in [5, 5.41) is 10.7. The van der Waals surface area contributed by atoms with Gasteiger partial charge in [0.15, 0.2) is 16.7 Å². The fraction of sp³-hybridized carbons (Fsp3) is 0.148. The lowest BCUT2D eigenvalue weighted by Crippen LogP contribution is -2.28. The number of aromatic carboxylic acids is 1. The molecule has 38 heavy (non-hydrogen) atoms. The molecule has 0 saturated carbocycles. The Kier molecular flexibility index (Phi) is 9.24. The zero-order valence-electron chi connectivity index (χ0n) is 20.2. The van der Waals surface area contributed by atoms with E-state index in [-0.39, 0.29) is 18.1 Å². The molecule has 196 valence electrons. The number of aliphatic imine (C=N–C) groups is 1. The molecule has 0 atom stereocenters. The number of rotatable bonds is 8. The molecule has 0 aromatic heterocycles. The van der Waals surface area contributed by atoms with E-state index in [0.29, 0.717) is 43.8 Å². The Morgan fingerprint density at radius 1 is 1.16 bits per heavy atom. The summed E-state index contributed by atoms with van der Waals surface area (Å²) in [6.45, 7) is 2.54. The van der Waals surface area contributed by atoms with Crippen molar-refractivity contribution in [1.29, 1.82) is 0 Å². The maximum absolute atomic E-state index is 13.1. The fourth-order valence-electron chi connectivity index (χ4n) is 3.56. The molecule has 1 aliphatic rings. The topological polar surface area (TPSA) is 88.4 Å². The molecule has 1 heterocycles. The van der Waals surface area contributed by atoms with Crippen LogP contribution in [0, 0.1) is 3.57 Å². The minimum Gasteiger partial charge on any atom is -0.493 e. The van der Waals surface area contributed by atoms with E-state index in [1.54, 1.807) is 48.4 Å². The highest BCUT2D eigenvalue weighted by Gasteiger charge is 2.32. The Labute approximate surface area is 247 Å². The number of carboxylic acids is 1. The van der Waals surface area contributed by atoms with Gasteiger partial charge < -0.3 is 14.6 Å². The van der Waals surface area contributed by atoms with Gasteiger partial charge in [-0.15, -0.1) is 0 Å². The van der Waals surface area contributed by atoms with Crippen molar-refractivity contribution in [2.45, 2.75) is 13.5 Å². The summed E-state index contributed by atoms with van der Waals surface area (Å²) in [7, 11) is 1.55. The molecule has 0 radical (unpaired) electrons. The highest BCUT2D eigenvalue weighted by atomic mass is 127. The lowest BCUT2D eigenvalue weighted by molar-refractivity contribution is -0.122. The second-order valence-corrected chi connectivity index (χ2v) is 11.0. The van der Waals surface area contributed by atoms with Crippen molar-refractivity contribution < 1.29 is 24.2 Å². The molecule has 1 N–H and O–H groups in total. The van der Waals surface area contributed by atoms with E-state index in [2.05, 4.69) is 27.6 Å². The van der Waals surface area contributed by atoms with Crippen LogP contribution in [0.25, 0.3) is 6.08 Å². The predicted molar refractivity (Wildman–Crippen MR) is 160 cm³/mol. The number of amides is 1. The van der Waals surface area contributed by atoms with Crippen LogP contribution in [0.3, 0.4) is 0 Å². The number of benzene rings is 3. The number of nitrogens with zero attached hydrogens (tertiary/aromatic N) is 2. The summed E-state index contributed by atoms with van der Waals surface area (Å²) in [5.74, 6) is -0.0895. The fourth-order valence-corrected chi connectivity index (χ4v) is 5.87. The normalized spacial score (nSPS) is 15.4. The summed E-state index contributed by atoms with van der Waals surface area (Å²) in [4.78, 5) is 30.9. The van der Waals surface area contributed by atoms with Gasteiger partial charge in [0.1, 0.15) is 6.61 Å². The first-order valence-electron chi connectivity index (χ1n) is 11.3. The van der Waals surface area contributed by atoms with Gasteiger partial charge >= 0.3 is 5.97 Å². The number of amidine groups is 1. The van der Waals surface area contributed by atoms with Crippen molar-refractivity contribution in [3.05, 3.63) is 89.8 Å². The largest absolute Gasteiger partial charge is 0.493 e. The number of ether oxygens (including phenoxy) is 2. The Morgan fingerprint density at radius 3 is 2.53 bits per heavy atom. The van der Waals surface area contributed by atoms with E-state index in [0.717, 1.165) is 14.7 Å². The average molecular weight is 683 g/mol. The molecule has 4 rings (SSSR count). The Bertz CT molecular complexity index is 1460. The number of halogens is 3. The van der Waals surface area contributed by atoms with Crippen molar-refractivity contribution in [3.8, 4) is 11.5 Å². The third kappa shape index (κ3) is 6.45. The second-order valence-electron chi connectivity index (χ2n) is 7.96. The SMILES string of the molecule is CCN1C(=O)C(=Cc2cc(I)c(OCc3ccc(Cl)cc3Cl)c(OC)c2)SC1=Nc1ccc(C(=O)O)cc1. The molecule has 0 aliphatic carbocycles. The first-order chi connectivity index (χ1) is 18.2. The monoisotopic (exact) mass is 682 g/mol. The highest BCUT2D eigenvalue weighted by Crippen LogP contribution is 2.38. The molecular weight excluding hydrogens is 662 g/mol. The van der Waals surface area contributed by atoms with Crippen molar-refractivity contribution in [2.24, 2.45) is 4.99 Å². The lowest BCUT2D eigenvalue weighted by Gasteiger charge is -2.14. The maximum atomic E-state index is 13.1. The van der Waals surface area contributed by atoms with Crippen molar-refractivity contribution in [1.82, 2.24) is 4.90 Å². The van der Waals surface area contributed by atoms with Crippen LogP contribution in [-0.2, 0) is 11.4 Å². The number of carboxylic acid groups (broad SMARTS) is 1. The number of hydrogen-bond donors (Lipinski definition) is 1. The van der Waals surface area contributed by atoms with E-state index in [4.69, 9.17) is 37.8 Å². The van der Waals surface area contributed by atoms with Gasteiger partial charge in [-0.1, -0.05) is 29.3 Å². The van der Waals surface area contributed by atoms with Gasteiger partial charge in [0.05, 0.1) is 26.8 Å². The van der Waals surface area contributed by atoms with Crippen LogP contribution in [0.5, 0.6) is 11.5 Å². The van der Waals surface area contributed by atoms with Gasteiger partial charge in [-0.2, -0.15) is 0 Å². The molecule has 11 heteroatoms. The third-order valence-electron chi connectivity index (χ3n) is 5.48. The summed E-state index contributed by atoms with van der Waals surface area (Å²) in [6, 6.07) is 15.1. The number of methoxy groups -OCH3 is 1. The highest BCUT2D eigenvalue weighted by molar-refractivity contribution is 14.1. The van der Waals surface area contributed by atoms with E-state index in [1.807, 2.05) is 19.1 Å². The smallest absolute Gasteiger partial charge is 0.335 e. The zero-order chi connectivity index (χ0) is 27.4. The van der Waals surface area contributed by atoms with Gasteiger partial charge in [-0.05, 0) is 101 Å². The average Bonchev–Trinajstić information content (AvgIpc) is 3.17. The van der Waals surface area contributed by atoms with E-state index >= 15 is 0 Å². The summed E-state index contributed by atoms with van der Waals surface area (Å²) in [5.41, 5.74) is 2.28. The second kappa shape index (κ2) is 12.4. The number of carbonyl (C=O) groups excluding carboxylic acids is 1. The lowest BCUT2D eigenvalue weighted by atomic mass is 10.1. The molecule has 0 spiro atoms. The van der Waals surface area contributed by atoms with Gasteiger partial charge in [-0.3, -0.25) is 9.69 Å². The van der Waals surface area contributed by atoms with Crippen LogP contribution in [0.15, 0.2) is 64.5 Å². The molecule has 7 nitrogen and oxygen atoms in total. The first-order valence-corrected chi connectivity index (χ1v) is 13.9. The van der Waals surface area contributed by atoms with Gasteiger partial charge in [0.2, 0.25) is 0 Å². The Morgan fingerprint density at radius 2 is 1.89 bits per heavy atom. The Hall–Kier alpha value is -2.73. The van der Waals surface area contributed by atoms with Gasteiger partial charge in [-0.25, -0.2) is 9.79 Å². The van der Waals surface area contributed by atoms with Crippen molar-refractivity contribution in [2.75, 3.05) is 13.7 Å². The van der Waals surface area contributed by atoms with Gasteiger partial charge in [0, 0.05) is 22.2 Å².